The van der Waals surface area contributed by atoms with Crippen LogP contribution in [0.25, 0.3) is 11.1 Å². The highest BCUT2D eigenvalue weighted by molar-refractivity contribution is 5.79. The Hall–Kier alpha value is -3.18. The maximum Gasteiger partial charge on any atom is 0.226 e. The molecule has 0 bridgehead atoms. The zero-order valence-electron chi connectivity index (χ0n) is 18.4. The highest BCUT2D eigenvalue weighted by atomic mass is 16.5. The first kappa shape index (κ1) is 22.5. The van der Waals surface area contributed by atoms with Gasteiger partial charge in [-0.2, -0.15) is 0 Å². The lowest BCUT2D eigenvalue weighted by molar-refractivity contribution is -0.127. The molecule has 0 spiro atoms. The number of hydrogen-bond donors (Lipinski definition) is 1. The summed E-state index contributed by atoms with van der Waals surface area (Å²) in [6.07, 6.45) is 4.44. The number of rotatable bonds is 9. The summed E-state index contributed by atoms with van der Waals surface area (Å²) in [6.45, 7) is 1.88. The number of pyridine rings is 1. The van der Waals surface area contributed by atoms with Crippen molar-refractivity contribution in [1.82, 2.24) is 9.88 Å². The molecule has 0 aliphatic heterocycles. The van der Waals surface area contributed by atoms with E-state index in [0.29, 0.717) is 12.8 Å². The second kappa shape index (κ2) is 10.7. The molecule has 31 heavy (non-hydrogen) atoms. The Morgan fingerprint density at radius 3 is 2.45 bits per heavy atom. The molecule has 5 heteroatoms. The standard InChI is InChI=1S/C26H30N2O3/c1-19(25(29)14-9-20-7-5-15-27-18-20)31-24-12-10-22(11-13-24)23-8-4-6-21(16-23)17-26(30)28(2)3/h4-8,10-13,15-16,18-19,25,29H,9,14,17H2,1-3H3. The molecule has 0 radical (unpaired) electrons. The number of nitrogens with zero attached hydrogens (tertiary/aromatic N) is 2. The van der Waals surface area contributed by atoms with Crippen LogP contribution >= 0.6 is 0 Å². The summed E-state index contributed by atoms with van der Waals surface area (Å²) in [6, 6.07) is 19.7. The van der Waals surface area contributed by atoms with E-state index in [4.69, 9.17) is 4.74 Å². The minimum Gasteiger partial charge on any atom is -0.488 e. The van der Waals surface area contributed by atoms with Gasteiger partial charge in [-0.05, 0) is 60.2 Å². The third-order valence-corrected chi connectivity index (χ3v) is 5.28. The average Bonchev–Trinajstić information content (AvgIpc) is 2.78. The Morgan fingerprint density at radius 1 is 1.03 bits per heavy atom. The first-order chi connectivity index (χ1) is 14.9. The van der Waals surface area contributed by atoms with Gasteiger partial charge in [-0.1, -0.05) is 42.5 Å². The van der Waals surface area contributed by atoms with Crippen LogP contribution in [0.5, 0.6) is 5.75 Å². The van der Waals surface area contributed by atoms with Crippen LogP contribution in [0.4, 0.5) is 0 Å². The first-order valence-electron chi connectivity index (χ1n) is 10.6. The van der Waals surface area contributed by atoms with E-state index < -0.39 is 6.10 Å². The molecule has 0 aliphatic carbocycles. The van der Waals surface area contributed by atoms with Crippen molar-refractivity contribution in [3.8, 4) is 16.9 Å². The molecule has 0 fully saturated rings. The van der Waals surface area contributed by atoms with Crippen molar-refractivity contribution in [1.29, 1.82) is 0 Å². The van der Waals surface area contributed by atoms with Crippen molar-refractivity contribution < 1.29 is 14.6 Å². The molecular formula is C26H30N2O3. The van der Waals surface area contributed by atoms with E-state index >= 15 is 0 Å². The van der Waals surface area contributed by atoms with Gasteiger partial charge in [0.05, 0.1) is 12.5 Å². The summed E-state index contributed by atoms with van der Waals surface area (Å²) in [5.74, 6) is 0.799. The van der Waals surface area contributed by atoms with Gasteiger partial charge in [0.2, 0.25) is 5.91 Å². The van der Waals surface area contributed by atoms with Crippen molar-refractivity contribution in [3.05, 3.63) is 84.2 Å². The summed E-state index contributed by atoms with van der Waals surface area (Å²) in [5.41, 5.74) is 4.20. The van der Waals surface area contributed by atoms with Gasteiger partial charge >= 0.3 is 0 Å². The average molecular weight is 419 g/mol. The molecule has 1 N–H and O–H groups in total. The molecule has 0 saturated heterocycles. The van der Waals surface area contributed by atoms with Crippen molar-refractivity contribution in [2.24, 2.45) is 0 Å². The summed E-state index contributed by atoms with van der Waals surface area (Å²) in [5, 5.41) is 10.4. The quantitative estimate of drug-likeness (QED) is 0.567. The molecule has 2 atom stereocenters. The van der Waals surface area contributed by atoms with Crippen LogP contribution in [0.1, 0.15) is 24.5 Å². The van der Waals surface area contributed by atoms with Gasteiger partial charge in [0.15, 0.2) is 0 Å². The Balaban J connectivity index is 1.58. The van der Waals surface area contributed by atoms with Crippen LogP contribution in [0.2, 0.25) is 0 Å². The molecule has 2 unspecified atom stereocenters. The topological polar surface area (TPSA) is 62.7 Å². The lowest BCUT2D eigenvalue weighted by atomic mass is 10.0. The number of aliphatic hydroxyl groups is 1. The minimum absolute atomic E-state index is 0.0805. The third-order valence-electron chi connectivity index (χ3n) is 5.28. The third kappa shape index (κ3) is 6.66. The number of aryl methyl sites for hydroxylation is 1. The van der Waals surface area contributed by atoms with Gasteiger partial charge in [0.1, 0.15) is 11.9 Å². The number of carbonyl (C=O) groups excluding carboxylic acids is 1. The summed E-state index contributed by atoms with van der Waals surface area (Å²) in [4.78, 5) is 17.7. The van der Waals surface area contributed by atoms with Gasteiger partial charge in [0, 0.05) is 26.5 Å². The Bertz CT molecular complexity index is 971. The fourth-order valence-electron chi connectivity index (χ4n) is 3.31. The molecule has 0 saturated carbocycles. The van der Waals surface area contributed by atoms with Crippen LogP contribution in [0.3, 0.4) is 0 Å². The van der Waals surface area contributed by atoms with Gasteiger partial charge in [-0.15, -0.1) is 0 Å². The van der Waals surface area contributed by atoms with Gasteiger partial charge < -0.3 is 14.7 Å². The summed E-state index contributed by atoms with van der Waals surface area (Å²) in [7, 11) is 3.53. The first-order valence-corrected chi connectivity index (χ1v) is 10.6. The number of aliphatic hydroxyl groups excluding tert-OH is 1. The Labute approximate surface area is 184 Å². The molecule has 3 rings (SSSR count). The van der Waals surface area contributed by atoms with Crippen LogP contribution < -0.4 is 4.74 Å². The zero-order valence-corrected chi connectivity index (χ0v) is 18.4. The molecule has 0 aliphatic rings. The Morgan fingerprint density at radius 2 is 1.77 bits per heavy atom. The van der Waals surface area contributed by atoms with Gasteiger partial charge in [-0.3, -0.25) is 9.78 Å². The fourth-order valence-corrected chi connectivity index (χ4v) is 3.31. The number of likely N-dealkylation sites (N-methyl/N-ethyl adjacent to an activating group) is 1. The number of hydrogen-bond acceptors (Lipinski definition) is 4. The maximum atomic E-state index is 12.0. The SMILES string of the molecule is CC(Oc1ccc(-c2cccc(CC(=O)N(C)C)c2)cc1)C(O)CCc1cccnc1. The number of carbonyl (C=O) groups is 1. The van der Waals surface area contributed by atoms with Crippen LogP contribution in [0, 0.1) is 0 Å². The molecule has 1 aromatic heterocycles. The second-order valence-electron chi connectivity index (χ2n) is 7.98. The van der Waals surface area contributed by atoms with Gasteiger partial charge in [-0.25, -0.2) is 0 Å². The van der Waals surface area contributed by atoms with E-state index in [1.165, 1.54) is 0 Å². The molecule has 162 valence electrons. The predicted octanol–water partition coefficient (Wildman–Crippen LogP) is 4.14. The van der Waals surface area contributed by atoms with E-state index in [2.05, 4.69) is 4.98 Å². The fraction of sp³-hybridized carbons (Fsp3) is 0.308. The smallest absolute Gasteiger partial charge is 0.226 e. The number of benzene rings is 2. The van der Waals surface area contributed by atoms with Crippen LogP contribution in [-0.2, 0) is 17.6 Å². The molecule has 1 amide bonds. The van der Waals surface area contributed by atoms with Crippen LogP contribution in [-0.4, -0.2) is 47.2 Å². The lowest BCUT2D eigenvalue weighted by Crippen LogP contribution is -2.29. The van der Waals surface area contributed by atoms with Crippen molar-refractivity contribution in [3.63, 3.8) is 0 Å². The summed E-state index contributed by atoms with van der Waals surface area (Å²) >= 11 is 0. The monoisotopic (exact) mass is 418 g/mol. The van der Waals surface area contributed by atoms with Crippen molar-refractivity contribution >= 4 is 5.91 Å². The van der Waals surface area contributed by atoms with E-state index in [9.17, 15) is 9.90 Å². The Kier molecular flexibility index (Phi) is 7.79. The van der Waals surface area contributed by atoms with Crippen molar-refractivity contribution in [2.75, 3.05) is 14.1 Å². The zero-order chi connectivity index (χ0) is 22.2. The van der Waals surface area contributed by atoms with E-state index in [0.717, 1.165) is 34.4 Å². The largest absolute Gasteiger partial charge is 0.488 e. The van der Waals surface area contributed by atoms with Crippen molar-refractivity contribution in [2.45, 2.75) is 38.4 Å². The molecular weight excluding hydrogens is 388 g/mol. The van der Waals surface area contributed by atoms with Gasteiger partial charge in [0.25, 0.3) is 0 Å². The molecule has 5 nitrogen and oxygen atoms in total. The minimum atomic E-state index is -0.564. The predicted molar refractivity (Wildman–Crippen MR) is 123 cm³/mol. The normalized spacial score (nSPS) is 12.8. The van der Waals surface area contributed by atoms with E-state index in [1.54, 1.807) is 25.2 Å². The summed E-state index contributed by atoms with van der Waals surface area (Å²) < 4.78 is 5.94. The number of amides is 1. The maximum absolute atomic E-state index is 12.0. The molecule has 3 aromatic rings. The van der Waals surface area contributed by atoms with Crippen LogP contribution in [0.15, 0.2) is 73.1 Å². The van der Waals surface area contributed by atoms with E-state index in [-0.39, 0.29) is 12.0 Å². The second-order valence-corrected chi connectivity index (χ2v) is 7.98. The highest BCUT2D eigenvalue weighted by Crippen LogP contribution is 2.24. The molecule has 1 heterocycles. The number of ether oxygens (including phenoxy) is 1. The lowest BCUT2D eigenvalue weighted by Gasteiger charge is -2.20. The molecule has 2 aromatic carbocycles. The highest BCUT2D eigenvalue weighted by Gasteiger charge is 2.16. The number of aromatic nitrogens is 1. The van der Waals surface area contributed by atoms with E-state index in [1.807, 2.05) is 73.8 Å².